The van der Waals surface area contributed by atoms with Gasteiger partial charge in [0.1, 0.15) is 6.54 Å². The normalized spacial score (nSPS) is 10.2. The van der Waals surface area contributed by atoms with Crippen LogP contribution in [0.2, 0.25) is 0 Å². The number of nitrogens with zero attached hydrogens (tertiary/aromatic N) is 4. The van der Waals surface area contributed by atoms with E-state index in [4.69, 9.17) is 5.11 Å². The zero-order chi connectivity index (χ0) is 14.4. The van der Waals surface area contributed by atoms with Crippen LogP contribution in [-0.2, 0) is 17.8 Å². The molecule has 2 aromatic rings. The summed E-state index contributed by atoms with van der Waals surface area (Å²) in [5.74, 6) is -1.43. The van der Waals surface area contributed by atoms with Gasteiger partial charge in [0.25, 0.3) is 5.91 Å². The van der Waals surface area contributed by atoms with Gasteiger partial charge in [0, 0.05) is 18.9 Å². The van der Waals surface area contributed by atoms with E-state index in [1.165, 1.54) is 6.20 Å². The van der Waals surface area contributed by atoms with Crippen LogP contribution in [0, 0.1) is 0 Å². The molecule has 0 radical (unpaired) electrons. The Balaban J connectivity index is 1.83. The van der Waals surface area contributed by atoms with Crippen LogP contribution in [0.4, 0.5) is 0 Å². The lowest BCUT2D eigenvalue weighted by Crippen LogP contribution is -2.26. The molecule has 0 saturated carbocycles. The first-order valence-corrected chi connectivity index (χ1v) is 5.94. The van der Waals surface area contributed by atoms with Crippen molar-refractivity contribution in [2.24, 2.45) is 0 Å². The van der Waals surface area contributed by atoms with E-state index in [9.17, 15) is 9.59 Å². The second kappa shape index (κ2) is 6.41. The van der Waals surface area contributed by atoms with Gasteiger partial charge in [0.05, 0.1) is 6.20 Å². The quantitative estimate of drug-likeness (QED) is 0.751. The Labute approximate surface area is 114 Å². The largest absolute Gasteiger partial charge is 0.480 e. The van der Waals surface area contributed by atoms with E-state index in [0.717, 1.165) is 10.2 Å². The number of rotatable bonds is 6. The Morgan fingerprint density at radius 3 is 2.95 bits per heavy atom. The molecular formula is C12H13N5O3. The number of hydrogen-bond acceptors (Lipinski definition) is 5. The second-order valence-electron chi connectivity index (χ2n) is 4.06. The molecule has 0 spiro atoms. The fourth-order valence-electron chi connectivity index (χ4n) is 1.58. The van der Waals surface area contributed by atoms with Crippen molar-refractivity contribution in [3.05, 3.63) is 42.0 Å². The van der Waals surface area contributed by atoms with E-state index in [1.54, 1.807) is 12.4 Å². The van der Waals surface area contributed by atoms with Gasteiger partial charge in [-0.15, -0.1) is 5.10 Å². The summed E-state index contributed by atoms with van der Waals surface area (Å²) >= 11 is 0. The zero-order valence-corrected chi connectivity index (χ0v) is 10.6. The standard InChI is InChI=1S/C12H13N5O3/c18-11(19)8-17-7-10(15-16-17)12(20)14-5-3-9-2-1-4-13-6-9/h1-2,4,6-7H,3,5,8H2,(H,14,20)(H,18,19). The predicted octanol–water partition coefficient (Wildman–Crippen LogP) is -0.270. The molecule has 0 saturated heterocycles. The van der Waals surface area contributed by atoms with Crippen LogP contribution in [0.3, 0.4) is 0 Å². The number of carbonyl (C=O) groups is 2. The van der Waals surface area contributed by atoms with E-state index >= 15 is 0 Å². The SMILES string of the molecule is O=C(O)Cn1cc(C(=O)NCCc2cccnc2)nn1. The fourth-order valence-corrected chi connectivity index (χ4v) is 1.58. The van der Waals surface area contributed by atoms with Gasteiger partial charge < -0.3 is 10.4 Å². The lowest BCUT2D eigenvalue weighted by molar-refractivity contribution is -0.137. The molecule has 0 aliphatic carbocycles. The van der Waals surface area contributed by atoms with Gasteiger partial charge in [-0.1, -0.05) is 11.3 Å². The highest BCUT2D eigenvalue weighted by Crippen LogP contribution is 1.97. The molecule has 0 fully saturated rings. The molecule has 2 heterocycles. The summed E-state index contributed by atoms with van der Waals surface area (Å²) in [6, 6.07) is 3.75. The van der Waals surface area contributed by atoms with Gasteiger partial charge in [-0.05, 0) is 18.1 Å². The van der Waals surface area contributed by atoms with E-state index in [1.807, 2.05) is 12.1 Å². The summed E-state index contributed by atoms with van der Waals surface area (Å²) < 4.78 is 1.10. The van der Waals surface area contributed by atoms with Gasteiger partial charge in [-0.25, -0.2) is 4.68 Å². The smallest absolute Gasteiger partial charge is 0.325 e. The number of hydrogen-bond donors (Lipinski definition) is 2. The highest BCUT2D eigenvalue weighted by atomic mass is 16.4. The lowest BCUT2D eigenvalue weighted by atomic mass is 10.2. The van der Waals surface area contributed by atoms with Gasteiger partial charge in [0.2, 0.25) is 0 Å². The predicted molar refractivity (Wildman–Crippen MR) is 67.9 cm³/mol. The number of nitrogens with one attached hydrogen (secondary N) is 1. The first-order valence-electron chi connectivity index (χ1n) is 5.94. The third-order valence-corrected chi connectivity index (χ3v) is 2.49. The molecule has 0 atom stereocenters. The van der Waals surface area contributed by atoms with Crippen molar-refractivity contribution in [2.45, 2.75) is 13.0 Å². The zero-order valence-electron chi connectivity index (χ0n) is 10.6. The Morgan fingerprint density at radius 1 is 1.40 bits per heavy atom. The maximum absolute atomic E-state index is 11.7. The van der Waals surface area contributed by atoms with Crippen molar-refractivity contribution in [1.29, 1.82) is 0 Å². The topological polar surface area (TPSA) is 110 Å². The molecule has 20 heavy (non-hydrogen) atoms. The summed E-state index contributed by atoms with van der Waals surface area (Å²) in [5, 5.41) is 18.5. The maximum atomic E-state index is 11.7. The molecule has 2 N–H and O–H groups in total. The summed E-state index contributed by atoms with van der Waals surface area (Å²) in [5.41, 5.74) is 1.11. The average molecular weight is 275 g/mol. The van der Waals surface area contributed by atoms with E-state index in [0.29, 0.717) is 13.0 Å². The van der Waals surface area contributed by atoms with Gasteiger partial charge in [-0.3, -0.25) is 14.6 Å². The van der Waals surface area contributed by atoms with Gasteiger partial charge >= 0.3 is 5.97 Å². The van der Waals surface area contributed by atoms with Crippen molar-refractivity contribution < 1.29 is 14.7 Å². The maximum Gasteiger partial charge on any atom is 0.325 e. The van der Waals surface area contributed by atoms with Crippen LogP contribution in [0.5, 0.6) is 0 Å². The number of pyridine rings is 1. The fraction of sp³-hybridized carbons (Fsp3) is 0.250. The minimum atomic E-state index is -1.04. The Kier molecular flexibility index (Phi) is 4.38. The third-order valence-electron chi connectivity index (χ3n) is 2.49. The molecule has 0 bridgehead atoms. The van der Waals surface area contributed by atoms with Gasteiger partial charge in [-0.2, -0.15) is 0 Å². The minimum Gasteiger partial charge on any atom is -0.480 e. The van der Waals surface area contributed by atoms with Crippen LogP contribution >= 0.6 is 0 Å². The number of carbonyl (C=O) groups excluding carboxylic acids is 1. The van der Waals surface area contributed by atoms with Crippen LogP contribution in [0.15, 0.2) is 30.7 Å². The Morgan fingerprint density at radius 2 is 2.25 bits per heavy atom. The van der Waals surface area contributed by atoms with Crippen molar-refractivity contribution >= 4 is 11.9 Å². The highest BCUT2D eigenvalue weighted by molar-refractivity contribution is 5.91. The number of amides is 1. The molecule has 0 aliphatic rings. The van der Waals surface area contributed by atoms with Crippen LogP contribution in [0.1, 0.15) is 16.1 Å². The van der Waals surface area contributed by atoms with Crippen molar-refractivity contribution in [1.82, 2.24) is 25.3 Å². The molecule has 2 rings (SSSR count). The number of aromatic nitrogens is 4. The molecule has 0 aliphatic heterocycles. The van der Waals surface area contributed by atoms with Crippen LogP contribution < -0.4 is 5.32 Å². The molecular weight excluding hydrogens is 262 g/mol. The Hall–Kier alpha value is -2.77. The number of carboxylic acid groups (broad SMARTS) is 1. The summed E-state index contributed by atoms with van der Waals surface area (Å²) in [6.07, 6.45) is 5.37. The first kappa shape index (κ1) is 13.7. The number of carboxylic acids is 1. The summed E-state index contributed by atoms with van der Waals surface area (Å²) in [6.45, 7) is 0.117. The number of aliphatic carboxylic acids is 1. The average Bonchev–Trinajstić information content (AvgIpc) is 2.87. The van der Waals surface area contributed by atoms with Gasteiger partial charge in [0.15, 0.2) is 5.69 Å². The highest BCUT2D eigenvalue weighted by Gasteiger charge is 2.11. The lowest BCUT2D eigenvalue weighted by Gasteiger charge is -2.02. The first-order chi connectivity index (χ1) is 9.65. The van der Waals surface area contributed by atoms with Crippen molar-refractivity contribution in [3.8, 4) is 0 Å². The molecule has 0 unspecified atom stereocenters. The van der Waals surface area contributed by atoms with Crippen LogP contribution in [-0.4, -0.2) is 43.5 Å². The molecule has 0 aromatic carbocycles. The Bertz CT molecular complexity index is 596. The minimum absolute atomic E-state index is 0.0948. The molecule has 104 valence electrons. The van der Waals surface area contributed by atoms with E-state index < -0.39 is 5.97 Å². The van der Waals surface area contributed by atoms with Crippen molar-refractivity contribution in [2.75, 3.05) is 6.54 Å². The van der Waals surface area contributed by atoms with E-state index in [2.05, 4.69) is 20.6 Å². The van der Waals surface area contributed by atoms with Crippen LogP contribution in [0.25, 0.3) is 0 Å². The third kappa shape index (κ3) is 3.87. The molecule has 2 aromatic heterocycles. The van der Waals surface area contributed by atoms with E-state index in [-0.39, 0.29) is 18.1 Å². The molecule has 1 amide bonds. The second-order valence-corrected chi connectivity index (χ2v) is 4.06. The molecule has 8 nitrogen and oxygen atoms in total. The summed E-state index contributed by atoms with van der Waals surface area (Å²) in [4.78, 5) is 26.2. The van der Waals surface area contributed by atoms with Crippen molar-refractivity contribution in [3.63, 3.8) is 0 Å². The summed E-state index contributed by atoms with van der Waals surface area (Å²) in [7, 11) is 0. The monoisotopic (exact) mass is 275 g/mol. The molecule has 8 heteroatoms.